The number of benzene rings is 2. The topological polar surface area (TPSA) is 72.7 Å². The van der Waals surface area contributed by atoms with Crippen molar-refractivity contribution in [2.45, 2.75) is 25.2 Å². The van der Waals surface area contributed by atoms with Crippen molar-refractivity contribution in [1.82, 2.24) is 25.1 Å². The van der Waals surface area contributed by atoms with E-state index in [4.69, 9.17) is 0 Å². The van der Waals surface area contributed by atoms with E-state index in [1.165, 1.54) is 17.3 Å². The first-order chi connectivity index (χ1) is 15.2. The normalized spacial score (nSPS) is 10.7. The van der Waals surface area contributed by atoms with Gasteiger partial charge in [0.05, 0.1) is 12.3 Å². The zero-order valence-electron chi connectivity index (χ0n) is 17.2. The lowest BCUT2D eigenvalue weighted by molar-refractivity contribution is -0.118. The van der Waals surface area contributed by atoms with Crippen LogP contribution in [0.3, 0.4) is 0 Å². The number of rotatable bonds is 8. The van der Waals surface area contributed by atoms with Gasteiger partial charge < -0.3 is 5.32 Å². The van der Waals surface area contributed by atoms with Crippen molar-refractivity contribution in [3.8, 4) is 11.4 Å². The molecule has 0 atom stereocenters. The zero-order valence-corrected chi connectivity index (χ0v) is 18.0. The maximum Gasteiger partial charge on any atom is 0.230 e. The Morgan fingerprint density at radius 3 is 2.42 bits per heavy atom. The van der Waals surface area contributed by atoms with Crippen LogP contribution in [-0.2, 0) is 17.9 Å². The summed E-state index contributed by atoms with van der Waals surface area (Å²) in [6.45, 7) is 3.18. The highest BCUT2D eigenvalue weighted by Crippen LogP contribution is 2.24. The Hall–Kier alpha value is -3.45. The first-order valence-corrected chi connectivity index (χ1v) is 11.0. The van der Waals surface area contributed by atoms with E-state index in [-0.39, 0.29) is 11.7 Å². The molecule has 0 unspecified atom stereocenters. The Morgan fingerprint density at radius 2 is 1.68 bits per heavy atom. The zero-order chi connectivity index (χ0) is 21.5. The standard InChI is InChI=1S/C24H23N5OS/c1-18-7-9-19(10-8-18)15-26-22(30)17-31-24-28-27-23(21-11-13-25-14-12-21)29(24)16-20-5-3-2-4-6-20/h2-14H,15-17H2,1H3,(H,26,30). The average Bonchev–Trinajstić information content (AvgIpc) is 3.21. The molecule has 0 fully saturated rings. The number of hydrogen-bond acceptors (Lipinski definition) is 5. The van der Waals surface area contributed by atoms with Crippen LogP contribution in [0.1, 0.15) is 16.7 Å². The van der Waals surface area contributed by atoms with Gasteiger partial charge in [-0.1, -0.05) is 71.9 Å². The molecular formula is C24H23N5OS. The van der Waals surface area contributed by atoms with Crippen LogP contribution in [0.2, 0.25) is 0 Å². The number of aromatic nitrogens is 4. The SMILES string of the molecule is Cc1ccc(CNC(=O)CSc2nnc(-c3ccncc3)n2Cc2ccccc2)cc1. The summed E-state index contributed by atoms with van der Waals surface area (Å²) < 4.78 is 2.04. The van der Waals surface area contributed by atoms with Gasteiger partial charge in [-0.25, -0.2) is 0 Å². The molecule has 4 aromatic rings. The third kappa shape index (κ3) is 5.58. The first-order valence-electron chi connectivity index (χ1n) is 10.0. The lowest BCUT2D eigenvalue weighted by Gasteiger charge is -2.11. The van der Waals surface area contributed by atoms with Crippen molar-refractivity contribution in [1.29, 1.82) is 0 Å². The molecular weight excluding hydrogens is 406 g/mol. The van der Waals surface area contributed by atoms with Gasteiger partial charge in [-0.05, 0) is 30.2 Å². The molecule has 7 heteroatoms. The fraction of sp³-hybridized carbons (Fsp3) is 0.167. The molecule has 0 spiro atoms. The fourth-order valence-electron chi connectivity index (χ4n) is 3.11. The van der Waals surface area contributed by atoms with Gasteiger partial charge in [-0.3, -0.25) is 14.3 Å². The molecule has 0 radical (unpaired) electrons. The second-order valence-corrected chi connectivity index (χ2v) is 8.11. The molecule has 2 aromatic heterocycles. The molecule has 156 valence electrons. The number of carbonyl (C=O) groups is 1. The average molecular weight is 430 g/mol. The molecule has 0 aliphatic heterocycles. The molecule has 0 aliphatic rings. The van der Waals surface area contributed by atoms with Crippen molar-refractivity contribution in [3.05, 3.63) is 95.8 Å². The smallest absolute Gasteiger partial charge is 0.230 e. The van der Waals surface area contributed by atoms with Gasteiger partial charge in [0.15, 0.2) is 11.0 Å². The summed E-state index contributed by atoms with van der Waals surface area (Å²) in [6.07, 6.45) is 3.48. The van der Waals surface area contributed by atoms with Crippen molar-refractivity contribution in [2.24, 2.45) is 0 Å². The van der Waals surface area contributed by atoms with Crippen LogP contribution in [0.25, 0.3) is 11.4 Å². The summed E-state index contributed by atoms with van der Waals surface area (Å²) in [4.78, 5) is 16.5. The number of nitrogens with zero attached hydrogens (tertiary/aromatic N) is 4. The quantitative estimate of drug-likeness (QED) is 0.427. The summed E-state index contributed by atoms with van der Waals surface area (Å²) in [6, 6.07) is 22.1. The number of thioether (sulfide) groups is 1. The van der Waals surface area contributed by atoms with Crippen molar-refractivity contribution in [3.63, 3.8) is 0 Å². The summed E-state index contributed by atoms with van der Waals surface area (Å²) in [5, 5.41) is 12.4. The lowest BCUT2D eigenvalue weighted by atomic mass is 10.1. The van der Waals surface area contributed by atoms with E-state index in [0.29, 0.717) is 18.2 Å². The predicted octanol–water partition coefficient (Wildman–Crippen LogP) is 4.11. The van der Waals surface area contributed by atoms with Crippen LogP contribution in [0, 0.1) is 6.92 Å². The maximum absolute atomic E-state index is 12.4. The largest absolute Gasteiger partial charge is 0.351 e. The number of carbonyl (C=O) groups excluding carboxylic acids is 1. The van der Waals surface area contributed by atoms with E-state index in [0.717, 1.165) is 22.5 Å². The van der Waals surface area contributed by atoms with Gasteiger partial charge in [0.2, 0.25) is 5.91 Å². The number of pyridine rings is 1. The minimum absolute atomic E-state index is 0.0368. The number of hydrogen-bond donors (Lipinski definition) is 1. The van der Waals surface area contributed by atoms with Crippen LogP contribution in [0.5, 0.6) is 0 Å². The molecule has 4 rings (SSSR count). The van der Waals surface area contributed by atoms with Crippen LogP contribution >= 0.6 is 11.8 Å². The number of aryl methyl sites for hydroxylation is 1. The molecule has 31 heavy (non-hydrogen) atoms. The Morgan fingerprint density at radius 1 is 0.935 bits per heavy atom. The van der Waals surface area contributed by atoms with E-state index in [9.17, 15) is 4.79 Å². The second-order valence-electron chi connectivity index (χ2n) is 7.16. The highest BCUT2D eigenvalue weighted by Gasteiger charge is 2.16. The van der Waals surface area contributed by atoms with Crippen LogP contribution in [-0.4, -0.2) is 31.4 Å². The van der Waals surface area contributed by atoms with E-state index in [1.54, 1.807) is 12.4 Å². The number of amides is 1. The fourth-order valence-corrected chi connectivity index (χ4v) is 3.87. The maximum atomic E-state index is 12.4. The molecule has 0 saturated heterocycles. The molecule has 0 aliphatic carbocycles. The van der Waals surface area contributed by atoms with Crippen molar-refractivity contribution in [2.75, 3.05) is 5.75 Å². The molecule has 6 nitrogen and oxygen atoms in total. The van der Waals surface area contributed by atoms with Gasteiger partial charge in [-0.2, -0.15) is 0 Å². The van der Waals surface area contributed by atoms with Gasteiger partial charge in [-0.15, -0.1) is 10.2 Å². The van der Waals surface area contributed by atoms with Crippen LogP contribution in [0.4, 0.5) is 0 Å². The summed E-state index contributed by atoms with van der Waals surface area (Å²) >= 11 is 1.39. The van der Waals surface area contributed by atoms with Crippen molar-refractivity contribution < 1.29 is 4.79 Å². The summed E-state index contributed by atoms with van der Waals surface area (Å²) in [5.41, 5.74) is 4.36. The third-order valence-electron chi connectivity index (χ3n) is 4.78. The van der Waals surface area contributed by atoms with E-state index >= 15 is 0 Å². The van der Waals surface area contributed by atoms with E-state index in [2.05, 4.69) is 32.6 Å². The van der Waals surface area contributed by atoms with Crippen LogP contribution < -0.4 is 5.32 Å². The molecule has 2 heterocycles. The molecule has 1 N–H and O–H groups in total. The Bertz CT molecular complexity index is 1130. The minimum Gasteiger partial charge on any atom is -0.351 e. The first kappa shape index (κ1) is 20.8. The van der Waals surface area contributed by atoms with Crippen molar-refractivity contribution >= 4 is 17.7 Å². The second kappa shape index (κ2) is 10.0. The van der Waals surface area contributed by atoms with Gasteiger partial charge in [0, 0.05) is 24.5 Å². The molecule has 2 aromatic carbocycles. The van der Waals surface area contributed by atoms with Gasteiger partial charge in [0.1, 0.15) is 0 Å². The van der Waals surface area contributed by atoms with Crippen LogP contribution in [0.15, 0.2) is 84.3 Å². The Kier molecular flexibility index (Phi) is 6.74. The Labute approximate surface area is 185 Å². The molecule has 1 amide bonds. The van der Waals surface area contributed by atoms with Gasteiger partial charge >= 0.3 is 0 Å². The summed E-state index contributed by atoms with van der Waals surface area (Å²) in [5.74, 6) is 0.994. The molecule has 0 saturated carbocycles. The van der Waals surface area contributed by atoms with Gasteiger partial charge in [0.25, 0.3) is 0 Å². The predicted molar refractivity (Wildman–Crippen MR) is 123 cm³/mol. The molecule has 0 bridgehead atoms. The summed E-state index contributed by atoms with van der Waals surface area (Å²) in [7, 11) is 0. The monoisotopic (exact) mass is 429 g/mol. The Balaban J connectivity index is 1.46. The van der Waals surface area contributed by atoms with E-state index in [1.807, 2.05) is 66.1 Å². The number of nitrogens with one attached hydrogen (secondary N) is 1. The highest BCUT2D eigenvalue weighted by molar-refractivity contribution is 7.99. The van der Waals surface area contributed by atoms with E-state index < -0.39 is 0 Å². The highest BCUT2D eigenvalue weighted by atomic mass is 32.2. The minimum atomic E-state index is -0.0368. The third-order valence-corrected chi connectivity index (χ3v) is 5.75. The lowest BCUT2D eigenvalue weighted by Crippen LogP contribution is -2.24.